The van der Waals surface area contributed by atoms with Crippen molar-refractivity contribution in [1.82, 2.24) is 10.6 Å². The van der Waals surface area contributed by atoms with Gasteiger partial charge in [-0.2, -0.15) is 0 Å². The zero-order valence-corrected chi connectivity index (χ0v) is 14.8. The molecule has 0 saturated carbocycles. The largest absolute Gasteiger partial charge is 0.440 e. The van der Waals surface area contributed by atoms with E-state index >= 15 is 0 Å². The fraction of sp³-hybridized carbons (Fsp3) is 0.150. The normalized spacial score (nSPS) is 13.7. The predicted octanol–water partition coefficient (Wildman–Crippen LogP) is 2.07. The van der Waals surface area contributed by atoms with E-state index in [4.69, 9.17) is 9.47 Å². The van der Waals surface area contributed by atoms with Crippen LogP contribution in [0.2, 0.25) is 0 Å². The second-order valence-corrected chi connectivity index (χ2v) is 5.65. The minimum atomic E-state index is -0.814. The molecule has 1 aliphatic rings. The highest BCUT2D eigenvalue weighted by Gasteiger charge is 2.24. The highest BCUT2D eigenvalue weighted by Crippen LogP contribution is 2.23. The van der Waals surface area contributed by atoms with Crippen LogP contribution in [0.15, 0.2) is 71.5 Å². The first kappa shape index (κ1) is 18.2. The minimum absolute atomic E-state index is 0.0889. The third kappa shape index (κ3) is 4.94. The molecule has 2 N–H and O–H groups in total. The number of guanidine groups is 1. The third-order valence-corrected chi connectivity index (χ3v) is 3.60. The molecule has 3 rings (SSSR count). The Balaban J connectivity index is 2.08. The first-order valence-electron chi connectivity index (χ1n) is 8.44. The lowest BCUT2D eigenvalue weighted by Crippen LogP contribution is -2.36. The van der Waals surface area contributed by atoms with Crippen LogP contribution < -0.4 is 15.4 Å². The van der Waals surface area contributed by atoms with Gasteiger partial charge in [-0.25, -0.2) is 4.79 Å². The summed E-state index contributed by atoms with van der Waals surface area (Å²) < 4.78 is 10.8. The van der Waals surface area contributed by atoms with E-state index in [1.54, 1.807) is 36.4 Å². The Bertz CT molecular complexity index is 877. The number of para-hydroxylation sites is 1. The maximum absolute atomic E-state index is 12.7. The number of hydrogen-bond donors (Lipinski definition) is 2. The molecule has 0 unspecified atom stereocenters. The van der Waals surface area contributed by atoms with Crippen LogP contribution in [-0.4, -0.2) is 31.0 Å². The summed E-state index contributed by atoms with van der Waals surface area (Å²) in [5, 5.41) is 6.07. The van der Waals surface area contributed by atoms with Crippen molar-refractivity contribution >= 4 is 23.5 Å². The second-order valence-electron chi connectivity index (χ2n) is 5.65. The second kappa shape index (κ2) is 8.66. The number of hydrogen-bond acceptors (Lipinski definition) is 7. The Morgan fingerprint density at radius 1 is 1.04 bits per heavy atom. The Kier molecular flexibility index (Phi) is 5.84. The number of rotatable bonds is 5. The molecule has 2 aromatic rings. The van der Waals surface area contributed by atoms with E-state index in [0.29, 0.717) is 30.4 Å². The summed E-state index contributed by atoms with van der Waals surface area (Å²) in [6, 6.07) is 17.8. The van der Waals surface area contributed by atoms with Crippen LogP contribution in [0, 0.1) is 0 Å². The summed E-state index contributed by atoms with van der Waals surface area (Å²) >= 11 is 0. The molecule has 0 amide bonds. The van der Waals surface area contributed by atoms with Crippen molar-refractivity contribution in [2.45, 2.75) is 6.92 Å². The standard InChI is InChI=1S/C20H19N3O4/c1-14(24)26-19(25)17(15-8-4-2-5-9-15)18(23-20-21-12-13-22-20)27-16-10-6-3-7-11-16/h2-11H,12-13H2,1H3,(H2,21,22,23). The van der Waals surface area contributed by atoms with Gasteiger partial charge in [0.05, 0.1) is 6.54 Å². The van der Waals surface area contributed by atoms with E-state index in [1.807, 2.05) is 24.3 Å². The van der Waals surface area contributed by atoms with Crippen LogP contribution in [0.1, 0.15) is 12.5 Å². The number of esters is 2. The molecule has 0 aliphatic carbocycles. The molecule has 0 atom stereocenters. The Morgan fingerprint density at radius 3 is 2.30 bits per heavy atom. The summed E-state index contributed by atoms with van der Waals surface area (Å²) in [5.41, 5.74) is 0.631. The van der Waals surface area contributed by atoms with Gasteiger partial charge >= 0.3 is 11.9 Å². The van der Waals surface area contributed by atoms with Crippen molar-refractivity contribution in [2.75, 3.05) is 13.1 Å². The van der Waals surface area contributed by atoms with Crippen molar-refractivity contribution in [3.05, 3.63) is 72.1 Å². The van der Waals surface area contributed by atoms with Crippen LogP contribution >= 0.6 is 0 Å². The highest BCUT2D eigenvalue weighted by atomic mass is 16.6. The zero-order chi connectivity index (χ0) is 19.1. The summed E-state index contributed by atoms with van der Waals surface area (Å²) in [6.45, 7) is 2.47. The molecular formula is C20H19N3O4. The smallest absolute Gasteiger partial charge is 0.351 e. The molecule has 7 heteroatoms. The predicted molar refractivity (Wildman–Crippen MR) is 101 cm³/mol. The van der Waals surface area contributed by atoms with E-state index < -0.39 is 11.9 Å². The van der Waals surface area contributed by atoms with Crippen molar-refractivity contribution in [1.29, 1.82) is 0 Å². The maximum Gasteiger partial charge on any atom is 0.351 e. The lowest BCUT2D eigenvalue weighted by atomic mass is 10.1. The lowest BCUT2D eigenvalue weighted by Gasteiger charge is -2.17. The van der Waals surface area contributed by atoms with E-state index in [2.05, 4.69) is 15.6 Å². The average Bonchev–Trinajstić information content (AvgIpc) is 3.16. The highest BCUT2D eigenvalue weighted by molar-refractivity contribution is 6.20. The summed E-state index contributed by atoms with van der Waals surface area (Å²) in [7, 11) is 0. The van der Waals surface area contributed by atoms with Gasteiger partial charge < -0.3 is 14.8 Å². The number of carbonyl (C=O) groups is 2. The number of carbonyl (C=O) groups excluding carboxylic acids is 2. The topological polar surface area (TPSA) is 89.0 Å². The number of aliphatic imine (C=N–C) groups is 1. The Hall–Kier alpha value is -3.61. The summed E-state index contributed by atoms with van der Waals surface area (Å²) in [5.74, 6) is -0.408. The van der Waals surface area contributed by atoms with Crippen LogP contribution in [0.25, 0.3) is 5.57 Å². The molecule has 7 nitrogen and oxygen atoms in total. The Morgan fingerprint density at radius 2 is 1.70 bits per heavy atom. The molecule has 2 aromatic carbocycles. The molecule has 0 fully saturated rings. The first-order valence-corrected chi connectivity index (χ1v) is 8.44. The van der Waals surface area contributed by atoms with Gasteiger partial charge in [0.25, 0.3) is 0 Å². The summed E-state index contributed by atoms with van der Waals surface area (Å²) in [4.78, 5) is 28.3. The molecule has 0 spiro atoms. The van der Waals surface area contributed by atoms with Gasteiger partial charge in [-0.15, -0.1) is 0 Å². The van der Waals surface area contributed by atoms with Crippen molar-refractivity contribution in [3.8, 4) is 5.75 Å². The van der Waals surface area contributed by atoms with E-state index in [9.17, 15) is 9.59 Å². The molecule has 1 aliphatic heterocycles. The monoisotopic (exact) mass is 365 g/mol. The molecule has 0 radical (unpaired) electrons. The number of benzene rings is 2. The van der Waals surface area contributed by atoms with Gasteiger partial charge in [-0.1, -0.05) is 48.5 Å². The van der Waals surface area contributed by atoms with E-state index in [-0.39, 0.29) is 11.5 Å². The van der Waals surface area contributed by atoms with Gasteiger partial charge in [0, 0.05) is 13.5 Å². The van der Waals surface area contributed by atoms with Gasteiger partial charge in [0.2, 0.25) is 5.88 Å². The van der Waals surface area contributed by atoms with Gasteiger partial charge in [0.1, 0.15) is 11.3 Å². The fourth-order valence-electron chi connectivity index (χ4n) is 2.46. The van der Waals surface area contributed by atoms with Crippen LogP contribution in [0.4, 0.5) is 0 Å². The molecule has 0 saturated heterocycles. The Labute approximate surface area is 156 Å². The molecular weight excluding hydrogens is 346 g/mol. The van der Waals surface area contributed by atoms with Crippen LogP contribution in [-0.2, 0) is 14.3 Å². The van der Waals surface area contributed by atoms with Crippen molar-refractivity contribution < 1.29 is 19.1 Å². The van der Waals surface area contributed by atoms with Crippen molar-refractivity contribution in [2.24, 2.45) is 4.99 Å². The molecule has 1 heterocycles. The van der Waals surface area contributed by atoms with E-state index in [1.165, 1.54) is 6.92 Å². The first-order chi connectivity index (χ1) is 13.1. The number of ether oxygens (including phenoxy) is 2. The molecule has 0 bridgehead atoms. The number of nitrogens with one attached hydrogen (secondary N) is 2. The van der Waals surface area contributed by atoms with Crippen LogP contribution in [0.5, 0.6) is 5.75 Å². The van der Waals surface area contributed by atoms with E-state index in [0.717, 1.165) is 0 Å². The SMILES string of the molecule is CC(=O)OC(=O)C(=C(NC1=NCCN1)Oc1ccccc1)c1ccccc1. The van der Waals surface area contributed by atoms with Gasteiger partial charge in [-0.3, -0.25) is 15.1 Å². The molecule has 27 heavy (non-hydrogen) atoms. The summed E-state index contributed by atoms with van der Waals surface area (Å²) in [6.07, 6.45) is 0. The molecule has 138 valence electrons. The quantitative estimate of drug-likeness (QED) is 0.365. The van der Waals surface area contributed by atoms with Gasteiger partial charge in [0.15, 0.2) is 5.96 Å². The van der Waals surface area contributed by atoms with Crippen molar-refractivity contribution in [3.63, 3.8) is 0 Å². The van der Waals surface area contributed by atoms with Gasteiger partial charge in [-0.05, 0) is 17.7 Å². The zero-order valence-electron chi connectivity index (χ0n) is 14.8. The number of nitrogens with zero attached hydrogens (tertiary/aromatic N) is 1. The minimum Gasteiger partial charge on any atom is -0.440 e. The fourth-order valence-corrected chi connectivity index (χ4v) is 2.46. The maximum atomic E-state index is 12.7. The molecule has 0 aromatic heterocycles. The lowest BCUT2D eigenvalue weighted by molar-refractivity contribution is -0.153. The average molecular weight is 365 g/mol. The van der Waals surface area contributed by atoms with Crippen LogP contribution in [0.3, 0.4) is 0 Å². The third-order valence-electron chi connectivity index (χ3n) is 3.60.